The van der Waals surface area contributed by atoms with Crippen LogP contribution in [0.2, 0.25) is 0 Å². The van der Waals surface area contributed by atoms with E-state index >= 15 is 0 Å². The second kappa shape index (κ2) is 15.4. The van der Waals surface area contributed by atoms with Crippen molar-refractivity contribution in [1.29, 1.82) is 0 Å². The monoisotopic (exact) mass is 806 g/mol. The van der Waals surface area contributed by atoms with Crippen molar-refractivity contribution < 1.29 is 4.42 Å². The summed E-state index contributed by atoms with van der Waals surface area (Å²) in [6.07, 6.45) is 6.40. The quantitative estimate of drug-likeness (QED) is 0.153. The molecule has 298 valence electrons. The SMILES string of the molecule is C1=CC(c2cccc3c2oc2ccccc23)=C(N(c2cccc(-c3cccc(-c4ccccc4)c3)c2)c2ccccc2-c2ccccc2-n2c3ccccc3c3ccccc32)CC1. The smallest absolute Gasteiger partial charge is 0.143 e. The van der Waals surface area contributed by atoms with Crippen LogP contribution in [0.4, 0.5) is 11.4 Å². The van der Waals surface area contributed by atoms with Crippen LogP contribution in [0.1, 0.15) is 18.4 Å². The molecule has 12 rings (SSSR count). The van der Waals surface area contributed by atoms with Crippen LogP contribution in [0.25, 0.3) is 88.4 Å². The van der Waals surface area contributed by atoms with Crippen LogP contribution in [-0.4, -0.2) is 4.57 Å². The van der Waals surface area contributed by atoms with Crippen molar-refractivity contribution in [2.24, 2.45) is 0 Å². The summed E-state index contributed by atoms with van der Waals surface area (Å²) in [6.45, 7) is 0. The fourth-order valence-corrected chi connectivity index (χ4v) is 9.84. The molecule has 0 unspecified atom stereocenters. The molecule has 1 aliphatic carbocycles. The fourth-order valence-electron chi connectivity index (χ4n) is 9.84. The number of rotatable bonds is 8. The normalized spacial score (nSPS) is 12.8. The minimum atomic E-state index is 0.846. The maximum atomic E-state index is 6.73. The molecule has 0 radical (unpaired) electrons. The van der Waals surface area contributed by atoms with Crippen LogP contribution in [0.5, 0.6) is 0 Å². The molecular weight excluding hydrogens is 765 g/mol. The largest absolute Gasteiger partial charge is 0.455 e. The van der Waals surface area contributed by atoms with Crippen molar-refractivity contribution >= 4 is 60.7 Å². The number of hydrogen-bond acceptors (Lipinski definition) is 2. The number of aromatic nitrogens is 1. The molecule has 0 saturated carbocycles. The zero-order valence-corrected chi connectivity index (χ0v) is 34.7. The highest BCUT2D eigenvalue weighted by Gasteiger charge is 2.26. The lowest BCUT2D eigenvalue weighted by Crippen LogP contribution is -2.20. The Labute approximate surface area is 366 Å². The maximum absolute atomic E-state index is 6.73. The Kier molecular flexibility index (Phi) is 8.97. The zero-order valence-electron chi connectivity index (χ0n) is 34.7. The molecule has 9 aromatic carbocycles. The number of fused-ring (bicyclic) bond motifs is 6. The summed E-state index contributed by atoms with van der Waals surface area (Å²) in [5.74, 6) is 0. The minimum Gasteiger partial charge on any atom is -0.455 e. The minimum absolute atomic E-state index is 0.846. The van der Waals surface area contributed by atoms with Gasteiger partial charge in [-0.1, -0.05) is 182 Å². The molecule has 63 heavy (non-hydrogen) atoms. The summed E-state index contributed by atoms with van der Waals surface area (Å²) >= 11 is 0. The highest BCUT2D eigenvalue weighted by Crippen LogP contribution is 2.47. The molecule has 0 bridgehead atoms. The van der Waals surface area contributed by atoms with E-state index in [2.05, 4.69) is 234 Å². The lowest BCUT2D eigenvalue weighted by atomic mass is 9.92. The lowest BCUT2D eigenvalue weighted by Gasteiger charge is -2.33. The van der Waals surface area contributed by atoms with E-state index in [0.29, 0.717) is 0 Å². The van der Waals surface area contributed by atoms with E-state index in [0.717, 1.165) is 79.7 Å². The van der Waals surface area contributed by atoms with Gasteiger partial charge in [0.15, 0.2) is 0 Å². The summed E-state index contributed by atoms with van der Waals surface area (Å²) in [7, 11) is 0. The van der Waals surface area contributed by atoms with Gasteiger partial charge in [-0.2, -0.15) is 0 Å². The third-order valence-electron chi connectivity index (χ3n) is 12.7. The zero-order chi connectivity index (χ0) is 41.7. The van der Waals surface area contributed by atoms with Crippen molar-refractivity contribution in [3.63, 3.8) is 0 Å². The highest BCUT2D eigenvalue weighted by molar-refractivity contribution is 6.11. The van der Waals surface area contributed by atoms with Crippen molar-refractivity contribution in [3.05, 3.63) is 242 Å². The van der Waals surface area contributed by atoms with Gasteiger partial charge in [0, 0.05) is 55.2 Å². The van der Waals surface area contributed by atoms with Gasteiger partial charge in [-0.3, -0.25) is 0 Å². The first-order chi connectivity index (χ1) is 31.3. The number of hydrogen-bond donors (Lipinski definition) is 0. The first-order valence-corrected chi connectivity index (χ1v) is 21.8. The predicted molar refractivity (Wildman–Crippen MR) is 265 cm³/mol. The molecule has 3 heteroatoms. The molecule has 0 saturated heterocycles. The number of nitrogens with zero attached hydrogens (tertiary/aromatic N) is 2. The molecule has 11 aromatic rings. The van der Waals surface area contributed by atoms with E-state index in [-0.39, 0.29) is 0 Å². The van der Waals surface area contributed by atoms with Gasteiger partial charge < -0.3 is 13.9 Å². The molecule has 1 aliphatic rings. The number of benzene rings is 9. The number of allylic oxidation sites excluding steroid dienone is 4. The molecule has 0 spiro atoms. The van der Waals surface area contributed by atoms with Crippen LogP contribution in [0.3, 0.4) is 0 Å². The lowest BCUT2D eigenvalue weighted by molar-refractivity contribution is 0.667. The number of anilines is 2. The van der Waals surface area contributed by atoms with E-state index < -0.39 is 0 Å². The number of furan rings is 1. The molecule has 0 aliphatic heterocycles. The van der Waals surface area contributed by atoms with Crippen molar-refractivity contribution in [1.82, 2.24) is 4.57 Å². The average Bonchev–Trinajstić information content (AvgIpc) is 3.91. The van der Waals surface area contributed by atoms with Gasteiger partial charge in [-0.05, 0) is 83.6 Å². The molecule has 0 fully saturated rings. The maximum Gasteiger partial charge on any atom is 0.143 e. The topological polar surface area (TPSA) is 21.3 Å². The van der Waals surface area contributed by atoms with E-state index in [1.165, 1.54) is 44.2 Å². The summed E-state index contributed by atoms with van der Waals surface area (Å²) < 4.78 is 9.17. The Morgan fingerprint density at radius 1 is 0.429 bits per heavy atom. The van der Waals surface area contributed by atoms with Crippen LogP contribution in [0.15, 0.2) is 241 Å². The Balaban J connectivity index is 1.11. The molecule has 3 nitrogen and oxygen atoms in total. The van der Waals surface area contributed by atoms with Crippen LogP contribution in [-0.2, 0) is 0 Å². The first kappa shape index (κ1) is 36.7. The van der Waals surface area contributed by atoms with E-state index in [4.69, 9.17) is 4.42 Å². The van der Waals surface area contributed by atoms with Gasteiger partial charge in [0.05, 0.1) is 22.4 Å². The summed E-state index contributed by atoms with van der Waals surface area (Å²) in [4.78, 5) is 2.53. The van der Waals surface area contributed by atoms with Crippen molar-refractivity contribution in [2.75, 3.05) is 4.90 Å². The third kappa shape index (κ3) is 6.28. The summed E-state index contributed by atoms with van der Waals surface area (Å²) in [5, 5.41) is 4.75. The van der Waals surface area contributed by atoms with Crippen molar-refractivity contribution in [2.45, 2.75) is 12.8 Å². The Hall–Kier alpha value is -8.14. The average molecular weight is 807 g/mol. The predicted octanol–water partition coefficient (Wildman–Crippen LogP) is 16.6. The van der Waals surface area contributed by atoms with E-state index in [9.17, 15) is 0 Å². The summed E-state index contributed by atoms with van der Waals surface area (Å²) in [6, 6.07) is 78.9. The molecular formula is C60H42N2O. The first-order valence-electron chi connectivity index (χ1n) is 21.8. The van der Waals surface area contributed by atoms with Crippen LogP contribution < -0.4 is 4.90 Å². The van der Waals surface area contributed by atoms with Gasteiger partial charge in [0.25, 0.3) is 0 Å². The van der Waals surface area contributed by atoms with Crippen LogP contribution >= 0.6 is 0 Å². The Morgan fingerprint density at radius 3 is 1.81 bits per heavy atom. The van der Waals surface area contributed by atoms with Crippen LogP contribution in [0, 0.1) is 0 Å². The van der Waals surface area contributed by atoms with E-state index in [1.54, 1.807) is 0 Å². The molecule has 0 amide bonds. The Morgan fingerprint density at radius 2 is 1.00 bits per heavy atom. The van der Waals surface area contributed by atoms with Gasteiger partial charge in [0.1, 0.15) is 11.2 Å². The van der Waals surface area contributed by atoms with E-state index in [1.807, 2.05) is 6.07 Å². The van der Waals surface area contributed by atoms with Crippen molar-refractivity contribution in [3.8, 4) is 39.1 Å². The van der Waals surface area contributed by atoms with Gasteiger partial charge in [-0.15, -0.1) is 0 Å². The van der Waals surface area contributed by atoms with Gasteiger partial charge in [-0.25, -0.2) is 0 Å². The second-order valence-corrected chi connectivity index (χ2v) is 16.3. The summed E-state index contributed by atoms with van der Waals surface area (Å²) in [5.41, 5.74) is 18.0. The van der Waals surface area contributed by atoms with Gasteiger partial charge >= 0.3 is 0 Å². The van der Waals surface area contributed by atoms with Gasteiger partial charge in [0.2, 0.25) is 0 Å². The standard InChI is InChI=1S/C60H42N2O/c1-2-19-41(20-3-1)42-21-16-22-43(39-42)44-23-17-24-45(40-44)61(55-34-11-8-29-50(55)52-31-18-32-53-51-30-9-15-38-59(51)63-60(52)53)54-33-10-4-25-46(54)47-26-5-12-35-56(47)62-57-36-13-6-27-48(57)49-28-7-14-37-58(49)62/h1-10,12-33,35-40H,11,34H2. The molecule has 0 atom stereocenters. The third-order valence-corrected chi connectivity index (χ3v) is 12.7. The second-order valence-electron chi connectivity index (χ2n) is 16.3. The number of para-hydroxylation sites is 6. The highest BCUT2D eigenvalue weighted by atomic mass is 16.3. The molecule has 2 heterocycles. The Bertz CT molecular complexity index is 3530. The molecule has 0 N–H and O–H groups in total. The molecule has 2 aromatic heterocycles. The fraction of sp³-hybridized carbons (Fsp3) is 0.0333.